The van der Waals surface area contributed by atoms with E-state index in [2.05, 4.69) is 15.5 Å². The Morgan fingerprint density at radius 1 is 1.23 bits per heavy atom. The van der Waals surface area contributed by atoms with Crippen molar-refractivity contribution in [2.24, 2.45) is 5.92 Å². The van der Waals surface area contributed by atoms with Gasteiger partial charge in [-0.2, -0.15) is 0 Å². The van der Waals surface area contributed by atoms with Crippen LogP contribution in [0.15, 0.2) is 18.2 Å². The topological polar surface area (TPSA) is 66.1 Å². The molecule has 3 saturated heterocycles. The van der Waals surface area contributed by atoms with Gasteiger partial charge in [-0.05, 0) is 64.4 Å². The molecule has 2 N–H and O–H groups in total. The number of hydrogen-bond donors (Lipinski definition) is 2. The summed E-state index contributed by atoms with van der Waals surface area (Å²) in [6, 6.07) is 4.87. The van der Waals surface area contributed by atoms with Gasteiger partial charge in [0.05, 0.1) is 24.5 Å². The molecule has 2 amide bonds. The molecule has 1 aromatic carbocycles. The van der Waals surface area contributed by atoms with Gasteiger partial charge < -0.3 is 25.0 Å². The minimum atomic E-state index is -0.336. The predicted molar refractivity (Wildman–Crippen MR) is 119 cm³/mol. The van der Waals surface area contributed by atoms with Gasteiger partial charge in [-0.25, -0.2) is 9.18 Å². The van der Waals surface area contributed by atoms with Gasteiger partial charge in [-0.15, -0.1) is 0 Å². The number of halogens is 1. The van der Waals surface area contributed by atoms with Crippen molar-refractivity contribution in [3.05, 3.63) is 24.0 Å². The first-order valence-electron chi connectivity index (χ1n) is 11.6. The second-order valence-electron chi connectivity index (χ2n) is 9.10. The molecule has 3 fully saturated rings. The second-order valence-corrected chi connectivity index (χ2v) is 9.10. The highest BCUT2D eigenvalue weighted by molar-refractivity contribution is 5.89. The number of rotatable bonds is 6. The molecule has 1 aromatic rings. The van der Waals surface area contributed by atoms with Crippen molar-refractivity contribution < 1.29 is 18.7 Å². The van der Waals surface area contributed by atoms with E-state index in [-0.39, 0.29) is 24.1 Å². The van der Waals surface area contributed by atoms with Gasteiger partial charge in [0.1, 0.15) is 5.82 Å². The van der Waals surface area contributed by atoms with Crippen LogP contribution in [0.5, 0.6) is 0 Å². The molecule has 0 saturated carbocycles. The van der Waals surface area contributed by atoms with Crippen LogP contribution in [0.25, 0.3) is 0 Å². The highest BCUT2D eigenvalue weighted by Gasteiger charge is 2.32. The maximum absolute atomic E-state index is 14.8. The van der Waals surface area contributed by atoms with Gasteiger partial charge in [0, 0.05) is 43.9 Å². The lowest BCUT2D eigenvalue weighted by Crippen LogP contribution is -2.48. The molecule has 0 aromatic heterocycles. The minimum Gasteiger partial charge on any atom is -0.381 e. The van der Waals surface area contributed by atoms with E-state index >= 15 is 0 Å². The average molecular weight is 435 g/mol. The third-order valence-corrected chi connectivity index (χ3v) is 6.56. The molecule has 7 nitrogen and oxygen atoms in total. The van der Waals surface area contributed by atoms with Gasteiger partial charge in [0.2, 0.25) is 0 Å². The first kappa shape index (κ1) is 22.3. The number of carbonyl (C=O) groups excluding carboxylic acids is 1. The summed E-state index contributed by atoms with van der Waals surface area (Å²) >= 11 is 0. The molecule has 172 valence electrons. The molecule has 31 heavy (non-hydrogen) atoms. The molecule has 0 bridgehead atoms. The lowest BCUT2D eigenvalue weighted by Gasteiger charge is -2.37. The zero-order chi connectivity index (χ0) is 21.8. The SMILES string of the molecule is C[C@@H]1CN(c2ccc(NC(=O)NC[C@H]([C@H]3CCOC3)N3CCCC3)cc2F)C[C@H](C)O1. The number of morpholine rings is 1. The molecule has 3 aliphatic rings. The molecule has 0 aliphatic carbocycles. The Balaban J connectivity index is 1.33. The number of ether oxygens (including phenoxy) is 2. The van der Waals surface area contributed by atoms with Crippen molar-refractivity contribution in [3.63, 3.8) is 0 Å². The van der Waals surface area contributed by atoms with E-state index in [1.54, 1.807) is 12.1 Å². The van der Waals surface area contributed by atoms with Gasteiger partial charge in [0.25, 0.3) is 0 Å². The molecule has 3 heterocycles. The largest absolute Gasteiger partial charge is 0.381 e. The Labute approximate surface area is 184 Å². The van der Waals surface area contributed by atoms with E-state index < -0.39 is 0 Å². The number of nitrogens with one attached hydrogen (secondary N) is 2. The van der Waals surface area contributed by atoms with E-state index in [1.165, 1.54) is 18.9 Å². The predicted octanol–water partition coefficient (Wildman–Crippen LogP) is 3.06. The minimum absolute atomic E-state index is 0.0561. The van der Waals surface area contributed by atoms with E-state index in [0.717, 1.165) is 32.7 Å². The van der Waals surface area contributed by atoms with Crippen LogP contribution in [-0.4, -0.2) is 75.1 Å². The zero-order valence-electron chi connectivity index (χ0n) is 18.6. The lowest BCUT2D eigenvalue weighted by atomic mass is 9.97. The monoisotopic (exact) mass is 434 g/mol. The maximum Gasteiger partial charge on any atom is 0.319 e. The summed E-state index contributed by atoms with van der Waals surface area (Å²) in [7, 11) is 0. The number of amides is 2. The summed E-state index contributed by atoms with van der Waals surface area (Å²) in [5, 5.41) is 5.78. The van der Waals surface area contributed by atoms with Crippen molar-refractivity contribution in [2.45, 2.75) is 51.4 Å². The summed E-state index contributed by atoms with van der Waals surface area (Å²) in [4.78, 5) is 17.0. The Hall–Kier alpha value is -1.90. The van der Waals surface area contributed by atoms with Crippen LogP contribution >= 0.6 is 0 Å². The van der Waals surface area contributed by atoms with Gasteiger partial charge in [-0.1, -0.05) is 0 Å². The smallest absolute Gasteiger partial charge is 0.319 e. The number of hydrogen-bond acceptors (Lipinski definition) is 5. The normalized spacial score (nSPS) is 28.0. The Morgan fingerprint density at radius 2 is 1.97 bits per heavy atom. The first-order valence-corrected chi connectivity index (χ1v) is 11.6. The van der Waals surface area contributed by atoms with Crippen LogP contribution in [0.3, 0.4) is 0 Å². The molecule has 3 aliphatic heterocycles. The standard InChI is InChI=1S/C23H35FN4O3/c1-16-13-28(14-17(2)31-16)21-6-5-19(11-20(21)24)26-23(29)25-12-22(18-7-10-30-15-18)27-8-3-4-9-27/h5-6,11,16-18,22H,3-4,7-10,12-15H2,1-2H3,(H2,25,26,29)/t16-,17+,18-,22+/m0/s1. The molecular weight excluding hydrogens is 399 g/mol. The van der Waals surface area contributed by atoms with E-state index in [9.17, 15) is 9.18 Å². The Bertz CT molecular complexity index is 726. The molecular formula is C23H35FN4O3. The highest BCUT2D eigenvalue weighted by Crippen LogP contribution is 2.27. The molecule has 0 spiro atoms. The van der Waals surface area contributed by atoms with Crippen LogP contribution < -0.4 is 15.5 Å². The van der Waals surface area contributed by atoms with Crippen molar-refractivity contribution in [3.8, 4) is 0 Å². The Kier molecular flexibility index (Phi) is 7.30. The van der Waals surface area contributed by atoms with Crippen LogP contribution in [0.4, 0.5) is 20.6 Å². The fraction of sp³-hybridized carbons (Fsp3) is 0.696. The van der Waals surface area contributed by atoms with Crippen molar-refractivity contribution in [1.29, 1.82) is 0 Å². The molecule has 0 unspecified atom stereocenters. The van der Waals surface area contributed by atoms with Crippen LogP contribution in [-0.2, 0) is 9.47 Å². The van der Waals surface area contributed by atoms with Crippen LogP contribution in [0.1, 0.15) is 33.1 Å². The maximum atomic E-state index is 14.8. The van der Waals surface area contributed by atoms with Crippen molar-refractivity contribution in [2.75, 3.05) is 56.2 Å². The molecule has 4 rings (SSSR count). The number of urea groups is 1. The molecule has 8 heteroatoms. The van der Waals surface area contributed by atoms with Crippen LogP contribution in [0.2, 0.25) is 0 Å². The van der Waals surface area contributed by atoms with Gasteiger partial charge >= 0.3 is 6.03 Å². The number of nitrogens with zero attached hydrogens (tertiary/aromatic N) is 2. The Morgan fingerprint density at radius 3 is 2.61 bits per heavy atom. The van der Waals surface area contributed by atoms with Crippen LogP contribution in [0, 0.1) is 11.7 Å². The zero-order valence-corrected chi connectivity index (χ0v) is 18.6. The summed E-state index contributed by atoms with van der Waals surface area (Å²) in [6.07, 6.45) is 3.57. The fourth-order valence-corrected chi connectivity index (χ4v) is 5.11. The second kappa shape index (κ2) is 10.1. The number of carbonyl (C=O) groups is 1. The van der Waals surface area contributed by atoms with Crippen molar-refractivity contribution in [1.82, 2.24) is 10.2 Å². The van der Waals surface area contributed by atoms with Gasteiger partial charge in [0.15, 0.2) is 0 Å². The summed E-state index contributed by atoms with van der Waals surface area (Å²) in [6.45, 7) is 9.58. The third-order valence-electron chi connectivity index (χ3n) is 6.56. The molecule has 0 radical (unpaired) electrons. The van der Waals surface area contributed by atoms with E-state index in [1.807, 2.05) is 18.7 Å². The van der Waals surface area contributed by atoms with E-state index in [0.29, 0.717) is 43.0 Å². The molecule has 4 atom stereocenters. The lowest BCUT2D eigenvalue weighted by molar-refractivity contribution is -0.00539. The van der Waals surface area contributed by atoms with E-state index in [4.69, 9.17) is 9.47 Å². The summed E-state index contributed by atoms with van der Waals surface area (Å²) in [5.74, 6) is 0.116. The third kappa shape index (κ3) is 5.67. The number of likely N-dealkylation sites (tertiary alicyclic amines) is 1. The highest BCUT2D eigenvalue weighted by atomic mass is 19.1. The number of anilines is 2. The van der Waals surface area contributed by atoms with Gasteiger partial charge in [-0.3, -0.25) is 4.90 Å². The number of benzene rings is 1. The first-order chi connectivity index (χ1) is 15.0. The summed E-state index contributed by atoms with van der Waals surface area (Å²) < 4.78 is 26.1. The van der Waals surface area contributed by atoms with Crippen molar-refractivity contribution >= 4 is 17.4 Å². The summed E-state index contributed by atoms with van der Waals surface area (Å²) in [5.41, 5.74) is 0.998. The quantitative estimate of drug-likeness (QED) is 0.721. The average Bonchev–Trinajstić information content (AvgIpc) is 3.42. The fourth-order valence-electron chi connectivity index (χ4n) is 5.11.